The van der Waals surface area contributed by atoms with Crippen LogP contribution in [0.2, 0.25) is 5.02 Å². The fourth-order valence-electron chi connectivity index (χ4n) is 4.78. The van der Waals surface area contributed by atoms with E-state index in [1.807, 2.05) is 23.6 Å². The molecule has 4 heterocycles. The summed E-state index contributed by atoms with van der Waals surface area (Å²) >= 11 is 6.22. The topological polar surface area (TPSA) is 63.0 Å². The van der Waals surface area contributed by atoms with E-state index in [9.17, 15) is 13.2 Å². The minimum absolute atomic E-state index is 0.0546. The lowest BCUT2D eigenvalue weighted by Gasteiger charge is -2.32. The van der Waals surface area contributed by atoms with Crippen LogP contribution in [0.15, 0.2) is 30.5 Å². The molecule has 0 amide bonds. The molecule has 0 bridgehead atoms. The van der Waals surface area contributed by atoms with Crippen molar-refractivity contribution in [1.29, 1.82) is 0 Å². The van der Waals surface area contributed by atoms with Gasteiger partial charge in [-0.1, -0.05) is 11.6 Å². The van der Waals surface area contributed by atoms with Gasteiger partial charge in [-0.2, -0.15) is 13.2 Å². The number of hydrogen-bond acceptors (Lipinski definition) is 6. The molecule has 0 N–H and O–H groups in total. The Morgan fingerprint density at radius 2 is 1.85 bits per heavy atom. The number of aryl methyl sites for hydroxylation is 1. The van der Waals surface area contributed by atoms with Gasteiger partial charge < -0.3 is 4.90 Å². The van der Waals surface area contributed by atoms with Crippen LogP contribution in [0.25, 0.3) is 5.69 Å². The second-order valence-electron chi connectivity index (χ2n) is 8.93. The van der Waals surface area contributed by atoms with Gasteiger partial charge in [0.25, 0.3) is 0 Å². The van der Waals surface area contributed by atoms with E-state index in [1.54, 1.807) is 18.3 Å². The monoisotopic (exact) mass is 491 g/mol. The number of halogens is 4. The first kappa shape index (κ1) is 23.0. The van der Waals surface area contributed by atoms with Crippen molar-refractivity contribution in [3.8, 4) is 5.69 Å². The molecular weight excluding hydrogens is 467 g/mol. The van der Waals surface area contributed by atoms with Crippen molar-refractivity contribution in [2.75, 3.05) is 18.0 Å². The number of anilines is 1. The fraction of sp³-hybridized carbons (Fsp3) is 0.478. The number of nitrogens with zero attached hydrogens (tertiary/aromatic N) is 7. The zero-order chi connectivity index (χ0) is 24.0. The molecule has 0 spiro atoms. The Hall–Kier alpha value is -2.72. The molecule has 11 heteroatoms. The normalized spacial score (nSPS) is 18.4. The van der Waals surface area contributed by atoms with Gasteiger partial charge >= 0.3 is 6.18 Å². The van der Waals surface area contributed by atoms with Crippen molar-refractivity contribution in [3.63, 3.8) is 0 Å². The summed E-state index contributed by atoms with van der Waals surface area (Å²) in [5.74, 6) is 3.08. The minimum atomic E-state index is -4.34. The molecule has 1 fully saturated rings. The second kappa shape index (κ2) is 8.81. The van der Waals surface area contributed by atoms with E-state index in [0.29, 0.717) is 10.8 Å². The van der Waals surface area contributed by atoms with Gasteiger partial charge in [0.2, 0.25) is 0 Å². The largest absolute Gasteiger partial charge is 0.403 e. The third kappa shape index (κ3) is 4.36. The highest BCUT2D eigenvalue weighted by atomic mass is 35.5. The molecule has 3 aromatic rings. The third-order valence-corrected chi connectivity index (χ3v) is 6.96. The van der Waals surface area contributed by atoms with Gasteiger partial charge in [-0.3, -0.25) is 9.47 Å². The van der Waals surface area contributed by atoms with Crippen molar-refractivity contribution >= 4 is 17.4 Å². The van der Waals surface area contributed by atoms with Gasteiger partial charge in [-0.05, 0) is 56.5 Å². The lowest BCUT2D eigenvalue weighted by atomic mass is 9.95. The Kier molecular flexibility index (Phi) is 5.97. The van der Waals surface area contributed by atoms with Crippen LogP contribution in [0.1, 0.15) is 48.7 Å². The van der Waals surface area contributed by atoms with Crippen molar-refractivity contribution in [2.45, 2.75) is 57.9 Å². The standard InChI is InChI=1S/C23H25ClF3N7/c1-14(23(25,26)27)33-12-17-11-18(24)3-4-19(17)34-21(13-33)30-31-22(34)16-6-9-32(10-7-16)20-5-8-28-15(2)29-20/h3-5,8,11,14,16H,6-7,9-10,12-13H2,1-2H3. The van der Waals surface area contributed by atoms with Crippen LogP contribution in [-0.2, 0) is 13.1 Å². The minimum Gasteiger partial charge on any atom is -0.356 e. The van der Waals surface area contributed by atoms with Crippen molar-refractivity contribution in [3.05, 3.63) is 58.5 Å². The highest BCUT2D eigenvalue weighted by Crippen LogP contribution is 2.36. The number of alkyl halides is 3. The number of benzene rings is 1. The van der Waals surface area contributed by atoms with E-state index in [4.69, 9.17) is 11.6 Å². The molecule has 0 saturated carbocycles. The molecule has 0 radical (unpaired) electrons. The number of piperidine rings is 1. The molecule has 2 aromatic heterocycles. The van der Waals surface area contributed by atoms with Crippen molar-refractivity contribution < 1.29 is 13.2 Å². The quantitative estimate of drug-likeness (QED) is 0.530. The molecule has 34 heavy (non-hydrogen) atoms. The number of rotatable bonds is 3. The van der Waals surface area contributed by atoms with E-state index >= 15 is 0 Å². The number of fused-ring (bicyclic) bond motifs is 3. The SMILES string of the molecule is Cc1nccc(N2CCC(c3nnc4n3-c3ccc(Cl)cc3CN(C(C)C(F)(F)F)C4)CC2)n1. The first-order chi connectivity index (χ1) is 16.2. The summed E-state index contributed by atoms with van der Waals surface area (Å²) in [4.78, 5) is 12.3. The summed E-state index contributed by atoms with van der Waals surface area (Å²) in [6.07, 6.45) is -0.902. The van der Waals surface area contributed by atoms with Gasteiger partial charge in [0.05, 0.1) is 12.2 Å². The third-order valence-electron chi connectivity index (χ3n) is 6.72. The maximum Gasteiger partial charge on any atom is 0.403 e. The Balaban J connectivity index is 1.46. The summed E-state index contributed by atoms with van der Waals surface area (Å²) in [7, 11) is 0. The molecule has 0 aliphatic carbocycles. The summed E-state index contributed by atoms with van der Waals surface area (Å²) in [5.41, 5.74) is 1.53. The molecule has 1 aromatic carbocycles. The highest BCUT2D eigenvalue weighted by molar-refractivity contribution is 6.30. The summed E-state index contributed by atoms with van der Waals surface area (Å²) in [6.45, 7) is 4.84. The van der Waals surface area contributed by atoms with Crippen LogP contribution in [0.5, 0.6) is 0 Å². The molecule has 2 aliphatic heterocycles. The first-order valence-corrected chi connectivity index (χ1v) is 11.7. The van der Waals surface area contributed by atoms with E-state index < -0.39 is 12.2 Å². The van der Waals surface area contributed by atoms with E-state index in [2.05, 4.69) is 25.1 Å². The molecule has 7 nitrogen and oxygen atoms in total. The maximum atomic E-state index is 13.6. The molecule has 1 unspecified atom stereocenters. The van der Waals surface area contributed by atoms with E-state index in [0.717, 1.165) is 54.6 Å². The number of hydrogen-bond donors (Lipinski definition) is 0. The molecule has 180 valence electrons. The van der Waals surface area contributed by atoms with Gasteiger partial charge in [-0.25, -0.2) is 9.97 Å². The van der Waals surface area contributed by atoms with Crippen LogP contribution < -0.4 is 4.90 Å². The Morgan fingerprint density at radius 1 is 1.09 bits per heavy atom. The summed E-state index contributed by atoms with van der Waals surface area (Å²) < 4.78 is 42.7. The molecule has 1 atom stereocenters. The average molecular weight is 492 g/mol. The predicted octanol–water partition coefficient (Wildman–Crippen LogP) is 4.67. The second-order valence-corrected chi connectivity index (χ2v) is 9.37. The molecular formula is C23H25ClF3N7. The predicted molar refractivity (Wildman–Crippen MR) is 122 cm³/mol. The van der Waals surface area contributed by atoms with Crippen LogP contribution in [0.4, 0.5) is 19.0 Å². The lowest BCUT2D eigenvalue weighted by molar-refractivity contribution is -0.182. The summed E-state index contributed by atoms with van der Waals surface area (Å²) in [6, 6.07) is 5.65. The zero-order valence-electron chi connectivity index (χ0n) is 18.9. The molecule has 1 saturated heterocycles. The van der Waals surface area contributed by atoms with E-state index in [1.165, 1.54) is 11.8 Å². The van der Waals surface area contributed by atoms with Gasteiger partial charge in [0, 0.05) is 36.8 Å². The van der Waals surface area contributed by atoms with Crippen molar-refractivity contribution in [2.24, 2.45) is 0 Å². The van der Waals surface area contributed by atoms with Gasteiger partial charge in [0.15, 0.2) is 5.82 Å². The van der Waals surface area contributed by atoms with Crippen molar-refractivity contribution in [1.82, 2.24) is 29.6 Å². The number of aromatic nitrogens is 5. The Bertz CT molecular complexity index is 1190. The maximum absolute atomic E-state index is 13.6. The van der Waals surface area contributed by atoms with E-state index in [-0.39, 0.29) is 19.0 Å². The van der Waals surface area contributed by atoms with Crippen LogP contribution in [0.3, 0.4) is 0 Å². The van der Waals surface area contributed by atoms with Gasteiger partial charge in [0.1, 0.15) is 23.5 Å². The van der Waals surface area contributed by atoms with Crippen LogP contribution in [0, 0.1) is 6.92 Å². The zero-order valence-corrected chi connectivity index (χ0v) is 19.7. The fourth-order valence-corrected chi connectivity index (χ4v) is 4.98. The van der Waals surface area contributed by atoms with Gasteiger partial charge in [-0.15, -0.1) is 10.2 Å². The Labute approximate surface area is 200 Å². The lowest BCUT2D eigenvalue weighted by Crippen LogP contribution is -2.42. The summed E-state index contributed by atoms with van der Waals surface area (Å²) in [5, 5.41) is 9.32. The molecule has 5 rings (SSSR count). The Morgan fingerprint density at radius 3 is 2.56 bits per heavy atom. The van der Waals surface area contributed by atoms with Crippen LogP contribution in [-0.4, -0.2) is 54.9 Å². The first-order valence-electron chi connectivity index (χ1n) is 11.3. The highest BCUT2D eigenvalue weighted by Gasteiger charge is 2.42. The smallest absolute Gasteiger partial charge is 0.356 e. The molecule has 2 aliphatic rings. The average Bonchev–Trinajstić information content (AvgIpc) is 3.14. The van der Waals surface area contributed by atoms with Crippen LogP contribution >= 0.6 is 11.6 Å².